The number of carbonyl (C=O) groups excluding carboxylic acids is 2. The van der Waals surface area contributed by atoms with Crippen molar-refractivity contribution in [2.75, 3.05) is 13.7 Å². The predicted molar refractivity (Wildman–Crippen MR) is 76.2 cm³/mol. The quantitative estimate of drug-likeness (QED) is 0.866. The molecule has 1 N–H and O–H groups in total. The van der Waals surface area contributed by atoms with E-state index in [9.17, 15) is 9.59 Å². The minimum absolute atomic E-state index is 0.279. The largest absolute Gasteiger partial charge is 0.452 e. The van der Waals surface area contributed by atoms with Crippen molar-refractivity contribution in [1.29, 1.82) is 0 Å². The van der Waals surface area contributed by atoms with E-state index in [1.54, 1.807) is 12.1 Å². The van der Waals surface area contributed by atoms with Gasteiger partial charge in [-0.1, -0.05) is 48.5 Å². The monoisotopic (exact) mass is 269 g/mol. The van der Waals surface area contributed by atoms with E-state index in [2.05, 4.69) is 5.32 Å². The van der Waals surface area contributed by atoms with Crippen molar-refractivity contribution >= 4 is 11.9 Å². The smallest absolute Gasteiger partial charge is 0.339 e. The molecule has 2 aromatic rings. The lowest BCUT2D eigenvalue weighted by Gasteiger charge is -2.09. The summed E-state index contributed by atoms with van der Waals surface area (Å²) in [5, 5.41) is 2.40. The van der Waals surface area contributed by atoms with Gasteiger partial charge in [0, 0.05) is 7.05 Å². The van der Waals surface area contributed by atoms with Crippen molar-refractivity contribution < 1.29 is 14.3 Å². The molecule has 0 saturated carbocycles. The first kappa shape index (κ1) is 13.8. The zero-order chi connectivity index (χ0) is 14.4. The number of likely N-dealkylation sites (N-methyl/N-ethyl adjacent to an activating group) is 1. The molecule has 1 amide bonds. The van der Waals surface area contributed by atoms with Crippen molar-refractivity contribution in [3.63, 3.8) is 0 Å². The van der Waals surface area contributed by atoms with Crippen LogP contribution in [-0.2, 0) is 9.53 Å². The van der Waals surface area contributed by atoms with Crippen LogP contribution in [0.2, 0.25) is 0 Å². The second-order valence-corrected chi connectivity index (χ2v) is 4.16. The van der Waals surface area contributed by atoms with Gasteiger partial charge in [0.15, 0.2) is 6.61 Å². The van der Waals surface area contributed by atoms with Crippen LogP contribution in [0.3, 0.4) is 0 Å². The van der Waals surface area contributed by atoms with Gasteiger partial charge in [-0.3, -0.25) is 4.79 Å². The van der Waals surface area contributed by atoms with Crippen LogP contribution >= 0.6 is 0 Å². The maximum absolute atomic E-state index is 12.1. The molecule has 0 aliphatic heterocycles. The number of rotatable bonds is 4. The van der Waals surface area contributed by atoms with Crippen molar-refractivity contribution in [1.82, 2.24) is 5.32 Å². The van der Waals surface area contributed by atoms with Gasteiger partial charge in [-0.2, -0.15) is 0 Å². The molecule has 0 spiro atoms. The van der Waals surface area contributed by atoms with Crippen molar-refractivity contribution in [3.05, 3.63) is 60.2 Å². The molecule has 0 radical (unpaired) electrons. The van der Waals surface area contributed by atoms with Gasteiger partial charge in [0.2, 0.25) is 0 Å². The number of benzene rings is 2. The number of amides is 1. The Bertz CT molecular complexity index is 608. The molecular formula is C16H15NO3. The Labute approximate surface area is 117 Å². The Morgan fingerprint density at radius 1 is 1.00 bits per heavy atom. The maximum Gasteiger partial charge on any atom is 0.339 e. The average Bonchev–Trinajstić information content (AvgIpc) is 2.53. The standard InChI is InChI=1S/C16H15NO3/c1-17-15(18)11-20-16(19)14-10-6-5-9-13(14)12-7-3-2-4-8-12/h2-10H,11H2,1H3,(H,17,18). The molecule has 0 atom stereocenters. The van der Waals surface area contributed by atoms with Crippen LogP contribution in [0.5, 0.6) is 0 Å². The van der Waals surface area contributed by atoms with Crippen LogP contribution in [0, 0.1) is 0 Å². The van der Waals surface area contributed by atoms with E-state index in [0.717, 1.165) is 11.1 Å². The summed E-state index contributed by atoms with van der Waals surface area (Å²) >= 11 is 0. The normalized spacial score (nSPS) is 9.85. The third-order valence-corrected chi connectivity index (χ3v) is 2.84. The van der Waals surface area contributed by atoms with Crippen molar-refractivity contribution in [2.24, 2.45) is 0 Å². The summed E-state index contributed by atoms with van der Waals surface area (Å²) in [6, 6.07) is 16.7. The van der Waals surface area contributed by atoms with Crippen molar-refractivity contribution in [3.8, 4) is 11.1 Å². The molecule has 2 aromatic carbocycles. The molecule has 0 aromatic heterocycles. The number of ether oxygens (including phenoxy) is 1. The first-order valence-corrected chi connectivity index (χ1v) is 6.24. The topological polar surface area (TPSA) is 55.4 Å². The van der Waals surface area contributed by atoms with Crippen molar-refractivity contribution in [2.45, 2.75) is 0 Å². The number of esters is 1. The van der Waals surface area contributed by atoms with E-state index < -0.39 is 5.97 Å². The number of hydrogen-bond donors (Lipinski definition) is 1. The minimum atomic E-state index is -0.506. The minimum Gasteiger partial charge on any atom is -0.452 e. The molecule has 0 fully saturated rings. The summed E-state index contributed by atoms with van der Waals surface area (Å²) in [7, 11) is 1.49. The Kier molecular flexibility index (Phi) is 4.50. The number of carbonyl (C=O) groups is 2. The molecule has 0 aliphatic carbocycles. The van der Waals surface area contributed by atoms with Crippen LogP contribution in [-0.4, -0.2) is 25.5 Å². The van der Waals surface area contributed by atoms with Gasteiger partial charge >= 0.3 is 5.97 Å². The fourth-order valence-electron chi connectivity index (χ4n) is 1.81. The van der Waals surface area contributed by atoms with Gasteiger partial charge in [0.05, 0.1) is 5.56 Å². The molecule has 0 aliphatic rings. The molecule has 4 nitrogen and oxygen atoms in total. The molecule has 4 heteroatoms. The second-order valence-electron chi connectivity index (χ2n) is 4.16. The van der Waals surface area contributed by atoms with Crippen LogP contribution in [0.4, 0.5) is 0 Å². The summed E-state index contributed by atoms with van der Waals surface area (Å²) in [5.41, 5.74) is 2.16. The zero-order valence-electron chi connectivity index (χ0n) is 11.1. The SMILES string of the molecule is CNC(=O)COC(=O)c1ccccc1-c1ccccc1. The number of hydrogen-bond acceptors (Lipinski definition) is 3. The highest BCUT2D eigenvalue weighted by Gasteiger charge is 2.14. The zero-order valence-corrected chi connectivity index (χ0v) is 11.1. The molecule has 0 heterocycles. The van der Waals surface area contributed by atoms with E-state index >= 15 is 0 Å². The van der Waals surface area contributed by atoms with Gasteiger partial charge in [-0.25, -0.2) is 4.79 Å². The average molecular weight is 269 g/mol. The first-order chi connectivity index (χ1) is 9.72. The third-order valence-electron chi connectivity index (χ3n) is 2.84. The van der Waals surface area contributed by atoms with E-state index in [0.29, 0.717) is 5.56 Å². The second kappa shape index (κ2) is 6.52. The van der Waals surface area contributed by atoms with Crippen LogP contribution < -0.4 is 5.32 Å². The number of nitrogens with one attached hydrogen (secondary N) is 1. The summed E-state index contributed by atoms with van der Waals surface area (Å²) in [5.74, 6) is -0.844. The Balaban J connectivity index is 2.24. The molecule has 102 valence electrons. The van der Waals surface area contributed by atoms with Crippen LogP contribution in [0.25, 0.3) is 11.1 Å². The summed E-state index contributed by atoms with van der Waals surface area (Å²) < 4.78 is 4.99. The Morgan fingerprint density at radius 2 is 1.65 bits per heavy atom. The molecule has 0 bridgehead atoms. The molecule has 2 rings (SSSR count). The molecular weight excluding hydrogens is 254 g/mol. The van der Waals surface area contributed by atoms with Gasteiger partial charge in [-0.15, -0.1) is 0 Å². The fourth-order valence-corrected chi connectivity index (χ4v) is 1.81. The van der Waals surface area contributed by atoms with E-state index in [-0.39, 0.29) is 12.5 Å². The van der Waals surface area contributed by atoms with Crippen LogP contribution in [0.15, 0.2) is 54.6 Å². The first-order valence-electron chi connectivity index (χ1n) is 6.24. The van der Waals surface area contributed by atoms with Crippen LogP contribution in [0.1, 0.15) is 10.4 Å². The van der Waals surface area contributed by atoms with Gasteiger partial charge in [0.1, 0.15) is 0 Å². The van der Waals surface area contributed by atoms with E-state index in [4.69, 9.17) is 4.74 Å². The summed E-state index contributed by atoms with van der Waals surface area (Å²) in [6.07, 6.45) is 0. The van der Waals surface area contributed by atoms with Gasteiger partial charge in [-0.05, 0) is 17.2 Å². The lowest BCUT2D eigenvalue weighted by atomic mass is 10.00. The fraction of sp³-hybridized carbons (Fsp3) is 0.125. The Hall–Kier alpha value is -2.62. The van der Waals surface area contributed by atoms with Gasteiger partial charge < -0.3 is 10.1 Å². The lowest BCUT2D eigenvalue weighted by Crippen LogP contribution is -2.25. The highest BCUT2D eigenvalue weighted by Crippen LogP contribution is 2.23. The highest BCUT2D eigenvalue weighted by molar-refractivity contribution is 5.98. The van der Waals surface area contributed by atoms with E-state index in [1.165, 1.54) is 7.05 Å². The van der Waals surface area contributed by atoms with Gasteiger partial charge in [0.25, 0.3) is 5.91 Å². The molecule has 0 saturated heterocycles. The molecule has 0 unspecified atom stereocenters. The summed E-state index contributed by atoms with van der Waals surface area (Å²) in [6.45, 7) is -0.279. The highest BCUT2D eigenvalue weighted by atomic mass is 16.5. The maximum atomic E-state index is 12.1. The predicted octanol–water partition coefficient (Wildman–Crippen LogP) is 2.26. The Morgan fingerprint density at radius 3 is 2.35 bits per heavy atom. The summed E-state index contributed by atoms with van der Waals surface area (Å²) in [4.78, 5) is 23.2. The molecule has 20 heavy (non-hydrogen) atoms. The lowest BCUT2D eigenvalue weighted by molar-refractivity contribution is -0.123. The third kappa shape index (κ3) is 3.23. The van der Waals surface area contributed by atoms with E-state index in [1.807, 2.05) is 42.5 Å².